The molecule has 1 aromatic carbocycles. The third-order valence-corrected chi connectivity index (χ3v) is 4.52. The maximum absolute atomic E-state index is 14.3. The zero-order valence-corrected chi connectivity index (χ0v) is 13.5. The summed E-state index contributed by atoms with van der Waals surface area (Å²) in [5.74, 6) is -2.24. The van der Waals surface area contributed by atoms with Gasteiger partial charge in [0.15, 0.2) is 0 Å². The second-order valence-corrected chi connectivity index (χ2v) is 6.18. The zero-order chi connectivity index (χ0) is 17.8. The first-order valence-electron chi connectivity index (χ1n) is 8.13. The molecule has 130 valence electrons. The molecule has 2 N–H and O–H groups in total. The standard InChI is InChI=1S/C18H18FN3O3/c19-16-7-12(13-8-20-10-21-9-13)3-6-15(16)17(23)22-14-4-1-11(2-5-14)18(24)25/h3,6-11,14H,1-2,4-5H2,(H,22,23)(H,24,25). The van der Waals surface area contributed by atoms with Gasteiger partial charge in [0.1, 0.15) is 12.1 Å². The fourth-order valence-corrected chi connectivity index (χ4v) is 3.07. The number of amides is 1. The lowest BCUT2D eigenvalue weighted by molar-refractivity contribution is -0.142. The molecular weight excluding hydrogens is 325 g/mol. The molecule has 6 nitrogen and oxygen atoms in total. The molecular formula is C18H18FN3O3. The van der Waals surface area contributed by atoms with Crippen LogP contribution in [-0.4, -0.2) is 33.0 Å². The van der Waals surface area contributed by atoms with Crippen LogP contribution < -0.4 is 5.32 Å². The minimum absolute atomic E-state index is 0.0269. The van der Waals surface area contributed by atoms with Gasteiger partial charge in [-0.1, -0.05) is 6.07 Å². The van der Waals surface area contributed by atoms with Crippen molar-refractivity contribution in [3.63, 3.8) is 0 Å². The molecule has 1 saturated carbocycles. The summed E-state index contributed by atoms with van der Waals surface area (Å²) in [7, 11) is 0. The Bertz CT molecular complexity index is 774. The average molecular weight is 343 g/mol. The van der Waals surface area contributed by atoms with Gasteiger partial charge in [0.05, 0.1) is 11.5 Å². The van der Waals surface area contributed by atoms with Crippen LogP contribution in [0.25, 0.3) is 11.1 Å². The average Bonchev–Trinajstić information content (AvgIpc) is 2.62. The number of aromatic nitrogens is 2. The Hall–Kier alpha value is -2.83. The van der Waals surface area contributed by atoms with Crippen LogP contribution in [0.1, 0.15) is 36.0 Å². The minimum Gasteiger partial charge on any atom is -0.481 e. The number of carboxylic acid groups (broad SMARTS) is 1. The number of hydrogen-bond acceptors (Lipinski definition) is 4. The Morgan fingerprint density at radius 1 is 1.08 bits per heavy atom. The Morgan fingerprint density at radius 2 is 1.76 bits per heavy atom. The molecule has 0 unspecified atom stereocenters. The lowest BCUT2D eigenvalue weighted by Crippen LogP contribution is -2.39. The van der Waals surface area contributed by atoms with Gasteiger partial charge in [0, 0.05) is 24.0 Å². The summed E-state index contributed by atoms with van der Waals surface area (Å²) < 4.78 is 14.3. The Kier molecular flexibility index (Phi) is 5.02. The lowest BCUT2D eigenvalue weighted by atomic mass is 9.86. The molecule has 1 aliphatic carbocycles. The zero-order valence-electron chi connectivity index (χ0n) is 13.5. The van der Waals surface area contributed by atoms with Gasteiger partial charge >= 0.3 is 5.97 Å². The van der Waals surface area contributed by atoms with Crippen LogP contribution in [0.2, 0.25) is 0 Å². The van der Waals surface area contributed by atoms with Crippen molar-refractivity contribution in [2.75, 3.05) is 0 Å². The van der Waals surface area contributed by atoms with Crippen LogP contribution in [0.4, 0.5) is 4.39 Å². The van der Waals surface area contributed by atoms with Gasteiger partial charge in [0.2, 0.25) is 0 Å². The molecule has 0 aliphatic heterocycles. The molecule has 2 aromatic rings. The Labute approximate surface area is 144 Å². The summed E-state index contributed by atoms with van der Waals surface area (Å²) >= 11 is 0. The molecule has 0 bridgehead atoms. The smallest absolute Gasteiger partial charge is 0.306 e. The fourth-order valence-electron chi connectivity index (χ4n) is 3.07. The molecule has 25 heavy (non-hydrogen) atoms. The summed E-state index contributed by atoms with van der Waals surface area (Å²) in [6.07, 6.45) is 6.75. The number of hydrogen-bond donors (Lipinski definition) is 2. The van der Waals surface area contributed by atoms with Crippen LogP contribution in [0, 0.1) is 11.7 Å². The van der Waals surface area contributed by atoms with Crippen molar-refractivity contribution in [3.05, 3.63) is 48.3 Å². The first-order valence-corrected chi connectivity index (χ1v) is 8.13. The summed E-state index contributed by atoms with van der Waals surface area (Å²) in [4.78, 5) is 31.0. The summed E-state index contributed by atoms with van der Waals surface area (Å²) in [6.45, 7) is 0. The number of carbonyl (C=O) groups is 2. The summed E-state index contributed by atoms with van der Waals surface area (Å²) in [5.41, 5.74) is 1.23. The van der Waals surface area contributed by atoms with E-state index in [1.807, 2.05) is 0 Å². The van der Waals surface area contributed by atoms with Gasteiger partial charge in [-0.15, -0.1) is 0 Å². The van der Waals surface area contributed by atoms with Gasteiger partial charge in [-0.3, -0.25) is 9.59 Å². The summed E-state index contributed by atoms with van der Waals surface area (Å²) in [5, 5.41) is 11.8. The first kappa shape index (κ1) is 17.0. The molecule has 0 radical (unpaired) electrons. The quantitative estimate of drug-likeness (QED) is 0.890. The topological polar surface area (TPSA) is 92.2 Å². The van der Waals surface area contributed by atoms with E-state index in [0.29, 0.717) is 36.8 Å². The van der Waals surface area contributed by atoms with Crippen LogP contribution in [0.15, 0.2) is 36.9 Å². The van der Waals surface area contributed by atoms with E-state index in [0.717, 1.165) is 0 Å². The molecule has 0 atom stereocenters. The molecule has 1 aromatic heterocycles. The largest absolute Gasteiger partial charge is 0.481 e. The first-order chi connectivity index (χ1) is 12.0. The van der Waals surface area contributed by atoms with Gasteiger partial charge in [-0.25, -0.2) is 14.4 Å². The van der Waals surface area contributed by atoms with Crippen molar-refractivity contribution in [1.29, 1.82) is 0 Å². The monoisotopic (exact) mass is 343 g/mol. The highest BCUT2D eigenvalue weighted by Crippen LogP contribution is 2.25. The fraction of sp³-hybridized carbons (Fsp3) is 0.333. The molecule has 1 aliphatic rings. The minimum atomic E-state index is -0.795. The second-order valence-electron chi connectivity index (χ2n) is 6.18. The highest BCUT2D eigenvalue weighted by Gasteiger charge is 2.27. The van der Waals surface area contributed by atoms with Crippen molar-refractivity contribution in [3.8, 4) is 11.1 Å². The van der Waals surface area contributed by atoms with E-state index in [1.54, 1.807) is 18.5 Å². The van der Waals surface area contributed by atoms with E-state index in [1.165, 1.54) is 18.5 Å². The second kappa shape index (κ2) is 7.38. The highest BCUT2D eigenvalue weighted by atomic mass is 19.1. The molecule has 7 heteroatoms. The number of nitrogens with zero attached hydrogens (tertiary/aromatic N) is 2. The number of nitrogens with one attached hydrogen (secondary N) is 1. The number of carbonyl (C=O) groups excluding carboxylic acids is 1. The highest BCUT2D eigenvalue weighted by molar-refractivity contribution is 5.95. The van der Waals surface area contributed by atoms with Crippen LogP contribution in [0.3, 0.4) is 0 Å². The SMILES string of the molecule is O=C(NC1CCC(C(=O)O)CC1)c1ccc(-c2cncnc2)cc1F. The number of aliphatic carboxylic acids is 1. The van der Waals surface area contributed by atoms with Crippen molar-refractivity contribution in [1.82, 2.24) is 15.3 Å². The summed E-state index contributed by atoms with van der Waals surface area (Å²) in [6, 6.07) is 4.26. The maximum Gasteiger partial charge on any atom is 0.306 e. The Morgan fingerprint density at radius 3 is 2.36 bits per heavy atom. The Balaban J connectivity index is 1.66. The number of rotatable bonds is 4. The molecule has 1 heterocycles. The molecule has 3 rings (SSSR count). The molecule has 0 spiro atoms. The van der Waals surface area contributed by atoms with E-state index in [-0.39, 0.29) is 17.5 Å². The normalized spacial score (nSPS) is 20.0. The van der Waals surface area contributed by atoms with Crippen LogP contribution in [-0.2, 0) is 4.79 Å². The van der Waals surface area contributed by atoms with E-state index >= 15 is 0 Å². The molecule has 0 saturated heterocycles. The van der Waals surface area contributed by atoms with E-state index in [9.17, 15) is 14.0 Å². The van der Waals surface area contributed by atoms with E-state index in [2.05, 4.69) is 15.3 Å². The maximum atomic E-state index is 14.3. The van der Waals surface area contributed by atoms with Crippen molar-refractivity contribution in [2.45, 2.75) is 31.7 Å². The van der Waals surface area contributed by atoms with Gasteiger partial charge in [0.25, 0.3) is 5.91 Å². The predicted octanol–water partition coefficient (Wildman–Crippen LogP) is 2.66. The third-order valence-electron chi connectivity index (χ3n) is 4.52. The predicted molar refractivity (Wildman–Crippen MR) is 88.3 cm³/mol. The third kappa shape index (κ3) is 3.99. The van der Waals surface area contributed by atoms with E-state index in [4.69, 9.17) is 5.11 Å². The van der Waals surface area contributed by atoms with Gasteiger partial charge in [-0.05, 0) is 43.4 Å². The lowest BCUT2D eigenvalue weighted by Gasteiger charge is -2.26. The van der Waals surface area contributed by atoms with E-state index < -0.39 is 17.7 Å². The van der Waals surface area contributed by atoms with Gasteiger partial charge in [-0.2, -0.15) is 0 Å². The van der Waals surface area contributed by atoms with Crippen molar-refractivity contribution >= 4 is 11.9 Å². The van der Waals surface area contributed by atoms with Gasteiger partial charge < -0.3 is 10.4 Å². The molecule has 1 fully saturated rings. The van der Waals surface area contributed by atoms with Crippen molar-refractivity contribution in [2.24, 2.45) is 5.92 Å². The molecule has 1 amide bonds. The number of carboxylic acids is 1. The number of benzene rings is 1. The van der Waals surface area contributed by atoms with Crippen LogP contribution >= 0.6 is 0 Å². The number of halogens is 1. The van der Waals surface area contributed by atoms with Crippen LogP contribution in [0.5, 0.6) is 0 Å². The van der Waals surface area contributed by atoms with Crippen molar-refractivity contribution < 1.29 is 19.1 Å².